The molecule has 0 spiro atoms. The zero-order valence-corrected chi connectivity index (χ0v) is 13.5. The summed E-state index contributed by atoms with van der Waals surface area (Å²) in [4.78, 5) is 6.79. The van der Waals surface area contributed by atoms with Crippen LogP contribution in [0, 0.1) is 0 Å². The van der Waals surface area contributed by atoms with E-state index in [0.717, 1.165) is 43.1 Å². The maximum absolute atomic E-state index is 6.13. The van der Waals surface area contributed by atoms with Gasteiger partial charge in [-0.15, -0.1) is 0 Å². The molecule has 0 amide bonds. The average molecular weight is 295 g/mol. The van der Waals surface area contributed by atoms with Crippen LogP contribution in [0.1, 0.15) is 30.8 Å². The van der Waals surface area contributed by atoms with Gasteiger partial charge >= 0.3 is 0 Å². The van der Waals surface area contributed by atoms with E-state index in [1.54, 1.807) is 0 Å². The molecule has 0 bridgehead atoms. The fourth-order valence-corrected chi connectivity index (χ4v) is 3.53. The van der Waals surface area contributed by atoms with Gasteiger partial charge in [-0.05, 0) is 12.8 Å². The van der Waals surface area contributed by atoms with Crippen LogP contribution < -0.4 is 5.73 Å². The van der Waals surface area contributed by atoms with E-state index in [4.69, 9.17) is 5.73 Å². The number of guanidine groups is 1. The highest BCUT2D eigenvalue weighted by Crippen LogP contribution is 2.17. The second kappa shape index (κ2) is 7.02. The smallest absolute Gasteiger partial charge is 0.191 e. The van der Waals surface area contributed by atoms with Gasteiger partial charge in [0.05, 0.1) is 12.2 Å². The van der Waals surface area contributed by atoms with Crippen molar-refractivity contribution in [2.75, 3.05) is 24.6 Å². The predicted octanol–water partition coefficient (Wildman–Crippen LogP) is 1.41. The molecule has 2 rings (SSSR count). The lowest BCUT2D eigenvalue weighted by molar-refractivity contribution is 0.455. The molecule has 1 aliphatic rings. The summed E-state index contributed by atoms with van der Waals surface area (Å²) in [6, 6.07) is 0. The minimum absolute atomic E-state index is 0.648. The fourth-order valence-electron chi connectivity index (χ4n) is 2.62. The van der Waals surface area contributed by atoms with Crippen LogP contribution in [0.25, 0.3) is 0 Å². The summed E-state index contributed by atoms with van der Waals surface area (Å²) in [5.41, 5.74) is 9.80. The summed E-state index contributed by atoms with van der Waals surface area (Å²) in [5.74, 6) is 2.96. The molecule has 1 fully saturated rings. The molecular formula is C14H25N5S. The first-order chi connectivity index (χ1) is 9.67. The van der Waals surface area contributed by atoms with Crippen LogP contribution in [0.4, 0.5) is 0 Å². The second-order valence-corrected chi connectivity index (χ2v) is 6.20. The van der Waals surface area contributed by atoms with Crippen LogP contribution in [0.15, 0.2) is 4.99 Å². The van der Waals surface area contributed by atoms with E-state index >= 15 is 0 Å². The van der Waals surface area contributed by atoms with E-state index in [9.17, 15) is 0 Å². The molecule has 5 nitrogen and oxygen atoms in total. The van der Waals surface area contributed by atoms with Gasteiger partial charge in [0, 0.05) is 42.9 Å². The summed E-state index contributed by atoms with van der Waals surface area (Å²) in [7, 11) is 2.01. The molecule has 0 unspecified atom stereocenters. The van der Waals surface area contributed by atoms with Gasteiger partial charge in [0.25, 0.3) is 0 Å². The van der Waals surface area contributed by atoms with Crippen LogP contribution in [0.5, 0.6) is 0 Å². The fraction of sp³-hybridized carbons (Fsp3) is 0.714. The average Bonchev–Trinajstić information content (AvgIpc) is 2.80. The van der Waals surface area contributed by atoms with E-state index in [2.05, 4.69) is 28.8 Å². The van der Waals surface area contributed by atoms with E-state index in [-0.39, 0.29) is 0 Å². The molecule has 1 aliphatic heterocycles. The lowest BCUT2D eigenvalue weighted by Gasteiger charge is -2.27. The third kappa shape index (κ3) is 3.29. The first-order valence-electron chi connectivity index (χ1n) is 7.33. The molecule has 1 aromatic rings. The molecule has 0 aromatic carbocycles. The van der Waals surface area contributed by atoms with Crippen molar-refractivity contribution < 1.29 is 0 Å². The third-order valence-corrected chi connectivity index (χ3v) is 4.70. The van der Waals surface area contributed by atoms with Crippen LogP contribution in [0.3, 0.4) is 0 Å². The molecule has 0 saturated carbocycles. The Labute approximate surface area is 125 Å². The predicted molar refractivity (Wildman–Crippen MR) is 86.2 cm³/mol. The van der Waals surface area contributed by atoms with E-state index < -0.39 is 0 Å². The van der Waals surface area contributed by atoms with Gasteiger partial charge < -0.3 is 10.6 Å². The molecule has 20 heavy (non-hydrogen) atoms. The Morgan fingerprint density at radius 2 is 2.00 bits per heavy atom. The van der Waals surface area contributed by atoms with Crippen molar-refractivity contribution in [2.24, 2.45) is 17.8 Å². The van der Waals surface area contributed by atoms with Gasteiger partial charge in [0.15, 0.2) is 5.96 Å². The summed E-state index contributed by atoms with van der Waals surface area (Å²) in [6.45, 7) is 6.97. The largest absolute Gasteiger partial charge is 0.370 e. The molecule has 2 heterocycles. The Morgan fingerprint density at radius 1 is 1.30 bits per heavy atom. The summed E-state index contributed by atoms with van der Waals surface area (Å²) < 4.78 is 1.98. The Hall–Kier alpha value is -1.17. The van der Waals surface area contributed by atoms with Crippen molar-refractivity contribution in [1.82, 2.24) is 14.7 Å². The normalized spacial score (nSPS) is 16.8. The monoisotopic (exact) mass is 295 g/mol. The van der Waals surface area contributed by atoms with Crippen LogP contribution >= 0.6 is 11.8 Å². The van der Waals surface area contributed by atoms with Crippen molar-refractivity contribution in [2.45, 2.75) is 33.2 Å². The maximum Gasteiger partial charge on any atom is 0.191 e. The molecular weight excluding hydrogens is 270 g/mol. The SMILES string of the molecule is CCc1nn(C)c(CC)c1CN=C(N)N1CCSCC1. The van der Waals surface area contributed by atoms with Gasteiger partial charge in [-0.1, -0.05) is 13.8 Å². The highest BCUT2D eigenvalue weighted by molar-refractivity contribution is 7.99. The number of rotatable bonds is 4. The molecule has 0 aliphatic carbocycles. The number of aromatic nitrogens is 2. The number of nitrogens with zero attached hydrogens (tertiary/aromatic N) is 4. The molecule has 6 heteroatoms. The van der Waals surface area contributed by atoms with E-state index in [1.165, 1.54) is 11.3 Å². The minimum atomic E-state index is 0.648. The third-order valence-electron chi connectivity index (χ3n) is 3.76. The zero-order valence-electron chi connectivity index (χ0n) is 12.7. The minimum Gasteiger partial charge on any atom is -0.370 e. The first-order valence-corrected chi connectivity index (χ1v) is 8.49. The van der Waals surface area contributed by atoms with Crippen molar-refractivity contribution in [3.05, 3.63) is 17.0 Å². The molecule has 1 aromatic heterocycles. The van der Waals surface area contributed by atoms with Crippen molar-refractivity contribution in [3.8, 4) is 0 Å². The van der Waals surface area contributed by atoms with E-state index in [1.807, 2.05) is 23.5 Å². The Balaban J connectivity index is 2.12. The molecule has 2 N–H and O–H groups in total. The molecule has 112 valence electrons. The number of nitrogens with two attached hydrogens (primary N) is 1. The second-order valence-electron chi connectivity index (χ2n) is 4.98. The van der Waals surface area contributed by atoms with Crippen LogP contribution in [0.2, 0.25) is 0 Å². The van der Waals surface area contributed by atoms with Crippen molar-refractivity contribution >= 4 is 17.7 Å². The lowest BCUT2D eigenvalue weighted by Crippen LogP contribution is -2.42. The van der Waals surface area contributed by atoms with E-state index in [0.29, 0.717) is 12.5 Å². The van der Waals surface area contributed by atoms with Gasteiger partial charge in [-0.25, -0.2) is 4.99 Å². The number of aliphatic imine (C=N–C) groups is 1. The summed E-state index contributed by atoms with van der Waals surface area (Å²) in [5, 5.41) is 4.58. The summed E-state index contributed by atoms with van der Waals surface area (Å²) >= 11 is 1.98. The highest BCUT2D eigenvalue weighted by Gasteiger charge is 2.15. The standard InChI is InChI=1S/C14H25N5S/c1-4-12-11(13(5-2)18(3)17-12)10-16-14(15)19-6-8-20-9-7-19/h4-10H2,1-3H3,(H2,15,16). The summed E-state index contributed by atoms with van der Waals surface area (Å²) in [6.07, 6.45) is 1.92. The van der Waals surface area contributed by atoms with Crippen LogP contribution in [-0.4, -0.2) is 45.2 Å². The molecule has 0 radical (unpaired) electrons. The topological polar surface area (TPSA) is 59.4 Å². The maximum atomic E-state index is 6.13. The zero-order chi connectivity index (χ0) is 14.5. The number of aryl methyl sites for hydroxylation is 2. The van der Waals surface area contributed by atoms with Gasteiger partial charge in [0.1, 0.15) is 0 Å². The van der Waals surface area contributed by atoms with Gasteiger partial charge in [-0.2, -0.15) is 16.9 Å². The lowest BCUT2D eigenvalue weighted by atomic mass is 10.1. The first kappa shape index (κ1) is 15.2. The Kier molecular flexibility index (Phi) is 5.34. The Morgan fingerprint density at radius 3 is 2.60 bits per heavy atom. The number of thioether (sulfide) groups is 1. The molecule has 0 atom stereocenters. The number of hydrogen-bond donors (Lipinski definition) is 1. The van der Waals surface area contributed by atoms with Crippen LogP contribution in [-0.2, 0) is 26.4 Å². The van der Waals surface area contributed by atoms with Crippen molar-refractivity contribution in [3.63, 3.8) is 0 Å². The highest BCUT2D eigenvalue weighted by atomic mass is 32.2. The Bertz CT molecular complexity index is 474. The quantitative estimate of drug-likeness (QED) is 0.674. The number of hydrogen-bond acceptors (Lipinski definition) is 3. The van der Waals surface area contributed by atoms with Gasteiger partial charge in [-0.3, -0.25) is 4.68 Å². The van der Waals surface area contributed by atoms with Crippen molar-refractivity contribution in [1.29, 1.82) is 0 Å². The molecule has 1 saturated heterocycles. The van der Waals surface area contributed by atoms with Gasteiger partial charge in [0.2, 0.25) is 0 Å².